The second-order valence-electron chi connectivity index (χ2n) is 5.17. The van der Waals surface area contributed by atoms with E-state index in [0.717, 1.165) is 18.8 Å². The molecule has 134 valence electrons. The maximum Gasteiger partial charge on any atom is 0.193 e. The minimum atomic E-state index is -0.913. The first kappa shape index (κ1) is 21.2. The van der Waals surface area contributed by atoms with E-state index < -0.39 is 12.5 Å². The van der Waals surface area contributed by atoms with E-state index in [1.54, 1.807) is 30.3 Å². The Morgan fingerprint density at radius 2 is 1.28 bits per heavy atom. The van der Waals surface area contributed by atoms with E-state index in [4.69, 9.17) is 4.74 Å². The minimum absolute atomic E-state index is 0.126. The fourth-order valence-electron chi connectivity index (χ4n) is 1.91. The largest absolute Gasteiger partial charge is 0.381 e. The van der Waals surface area contributed by atoms with Crippen molar-refractivity contribution >= 4 is 27.5 Å². The Hall–Kier alpha value is -1.85. The fraction of sp³-hybridized carbons (Fsp3) is 0.300. The number of alkyl halides is 2. The smallest absolute Gasteiger partial charge is 0.193 e. The van der Waals surface area contributed by atoms with Gasteiger partial charge in [-0.1, -0.05) is 76.6 Å². The maximum atomic E-state index is 11.7. The summed E-state index contributed by atoms with van der Waals surface area (Å²) >= 11 is 3.10. The zero-order valence-electron chi connectivity index (χ0n) is 14.0. The van der Waals surface area contributed by atoms with Gasteiger partial charge in [0.15, 0.2) is 18.2 Å². The van der Waals surface area contributed by atoms with Crippen LogP contribution in [0.25, 0.3) is 0 Å². The molecule has 2 aromatic carbocycles. The molecule has 0 unspecified atom stereocenters. The molecule has 0 aliphatic carbocycles. The number of hydrogen-bond acceptors (Lipinski definition) is 3. The topological polar surface area (TPSA) is 43.4 Å². The van der Waals surface area contributed by atoms with Crippen LogP contribution in [0.1, 0.15) is 33.6 Å². The van der Waals surface area contributed by atoms with E-state index in [1.807, 2.05) is 30.3 Å². The Morgan fingerprint density at radius 1 is 0.840 bits per heavy atom. The van der Waals surface area contributed by atoms with Crippen molar-refractivity contribution in [3.05, 3.63) is 71.8 Å². The molecule has 0 N–H and O–H groups in total. The van der Waals surface area contributed by atoms with Crippen LogP contribution in [0.3, 0.4) is 0 Å². The summed E-state index contributed by atoms with van der Waals surface area (Å²) in [4.78, 5) is 21.6. The number of halogens is 2. The summed E-state index contributed by atoms with van der Waals surface area (Å²) < 4.78 is 16.7. The monoisotopic (exact) mass is 408 g/mol. The molecule has 5 heteroatoms. The van der Waals surface area contributed by atoms with E-state index in [1.165, 1.54) is 12.8 Å². The molecule has 2 aromatic rings. The zero-order valence-corrected chi connectivity index (χ0v) is 15.6. The lowest BCUT2D eigenvalue weighted by Crippen LogP contribution is -1.99. The molecule has 0 radical (unpaired) electrons. The third kappa shape index (κ3) is 9.27. The van der Waals surface area contributed by atoms with Gasteiger partial charge in [-0.25, -0.2) is 4.39 Å². The Balaban J connectivity index is 0.000000198. The van der Waals surface area contributed by atoms with Crippen molar-refractivity contribution in [2.75, 3.05) is 25.2 Å². The normalized spacial score (nSPS) is 12.2. The third-order valence-corrected chi connectivity index (χ3v) is 3.77. The summed E-state index contributed by atoms with van der Waals surface area (Å²) in [6.45, 7) is 1.09. The van der Waals surface area contributed by atoms with E-state index >= 15 is 0 Å². The van der Waals surface area contributed by atoms with Crippen molar-refractivity contribution in [2.24, 2.45) is 0 Å². The first-order valence-corrected chi connectivity index (χ1v) is 9.17. The predicted molar refractivity (Wildman–Crippen MR) is 101 cm³/mol. The standard InChI is InChI=1S/C8H7BrO.C8H7FO.C4H8O/c2*9-6-8(10)7-4-2-1-3-5-7;1-2-4-5-3-1/h2*1-5H,6H2;1-4H2. The number of benzene rings is 2. The Morgan fingerprint density at radius 3 is 1.60 bits per heavy atom. The summed E-state index contributed by atoms with van der Waals surface area (Å²) in [5.41, 5.74) is 1.20. The fourth-order valence-corrected chi connectivity index (χ4v) is 2.24. The van der Waals surface area contributed by atoms with E-state index in [2.05, 4.69) is 15.9 Å². The molecule has 0 bridgehead atoms. The van der Waals surface area contributed by atoms with Gasteiger partial charge in [0.05, 0.1) is 5.33 Å². The van der Waals surface area contributed by atoms with Gasteiger partial charge in [0, 0.05) is 24.3 Å². The van der Waals surface area contributed by atoms with Crippen LogP contribution < -0.4 is 0 Å². The van der Waals surface area contributed by atoms with Gasteiger partial charge in [0.2, 0.25) is 0 Å². The van der Waals surface area contributed by atoms with Gasteiger partial charge in [-0.15, -0.1) is 0 Å². The number of ether oxygens (including phenoxy) is 1. The predicted octanol–water partition coefficient (Wildman–Crippen LogP) is 4.90. The van der Waals surface area contributed by atoms with Gasteiger partial charge in [0.1, 0.15) is 0 Å². The molecule has 25 heavy (non-hydrogen) atoms. The molecular formula is C20H22BrFO3. The summed E-state index contributed by atoms with van der Waals surface area (Å²) in [6.07, 6.45) is 2.56. The summed E-state index contributed by atoms with van der Waals surface area (Å²) in [5.74, 6) is -0.332. The first-order chi connectivity index (χ1) is 12.2. The quantitative estimate of drug-likeness (QED) is 0.533. The van der Waals surface area contributed by atoms with Crippen LogP contribution >= 0.6 is 15.9 Å². The van der Waals surface area contributed by atoms with Crippen LogP contribution in [-0.4, -0.2) is 36.8 Å². The van der Waals surface area contributed by atoms with Gasteiger partial charge >= 0.3 is 0 Å². The maximum absolute atomic E-state index is 11.7. The molecule has 1 fully saturated rings. The van der Waals surface area contributed by atoms with Gasteiger partial charge in [-0.05, 0) is 12.8 Å². The zero-order chi connectivity index (χ0) is 18.3. The highest BCUT2D eigenvalue weighted by atomic mass is 79.9. The van der Waals surface area contributed by atoms with Crippen LogP contribution in [0, 0.1) is 0 Å². The second-order valence-corrected chi connectivity index (χ2v) is 5.73. The van der Waals surface area contributed by atoms with Crippen molar-refractivity contribution < 1.29 is 18.7 Å². The van der Waals surface area contributed by atoms with Gasteiger partial charge in [-0.3, -0.25) is 9.59 Å². The van der Waals surface area contributed by atoms with Crippen molar-refractivity contribution in [3.63, 3.8) is 0 Å². The van der Waals surface area contributed by atoms with Crippen LogP contribution in [0.4, 0.5) is 4.39 Å². The average molecular weight is 409 g/mol. The van der Waals surface area contributed by atoms with Crippen molar-refractivity contribution in [1.29, 1.82) is 0 Å². The lowest BCUT2D eigenvalue weighted by molar-refractivity contribution is 0.0958. The molecule has 0 amide bonds. The molecule has 0 saturated carbocycles. The molecule has 1 heterocycles. The summed E-state index contributed by atoms with van der Waals surface area (Å²) in [7, 11) is 0. The molecule has 0 atom stereocenters. The van der Waals surface area contributed by atoms with E-state index in [-0.39, 0.29) is 5.78 Å². The van der Waals surface area contributed by atoms with Crippen LogP contribution in [0.15, 0.2) is 60.7 Å². The molecule has 0 aromatic heterocycles. The minimum Gasteiger partial charge on any atom is -0.381 e. The SMILES string of the molecule is C1CCOC1.O=C(CBr)c1ccccc1.O=C(CF)c1ccccc1. The lowest BCUT2D eigenvalue weighted by Gasteiger charge is -1.92. The summed E-state index contributed by atoms with van der Waals surface area (Å²) in [5, 5.41) is 0.400. The third-order valence-electron chi connectivity index (χ3n) is 3.26. The van der Waals surface area contributed by atoms with Crippen LogP contribution in [0.5, 0.6) is 0 Å². The molecular weight excluding hydrogens is 387 g/mol. The number of carbonyl (C=O) groups is 2. The average Bonchev–Trinajstić information content (AvgIpc) is 3.29. The molecule has 0 spiro atoms. The van der Waals surface area contributed by atoms with Crippen LogP contribution in [-0.2, 0) is 4.74 Å². The first-order valence-electron chi connectivity index (χ1n) is 8.05. The van der Waals surface area contributed by atoms with Crippen LogP contribution in [0.2, 0.25) is 0 Å². The van der Waals surface area contributed by atoms with Crippen molar-refractivity contribution in [3.8, 4) is 0 Å². The number of Topliss-reactive ketones (excluding diaryl/α,β-unsaturated/α-hetero) is 2. The highest BCUT2D eigenvalue weighted by Crippen LogP contribution is 2.01. The van der Waals surface area contributed by atoms with E-state index in [9.17, 15) is 14.0 Å². The molecule has 1 aliphatic rings. The second kappa shape index (κ2) is 13.4. The molecule has 3 rings (SSSR count). The highest BCUT2D eigenvalue weighted by Gasteiger charge is 2.01. The number of ketones is 2. The van der Waals surface area contributed by atoms with Gasteiger partial charge in [0.25, 0.3) is 0 Å². The molecule has 1 aliphatic heterocycles. The van der Waals surface area contributed by atoms with Gasteiger partial charge < -0.3 is 4.74 Å². The van der Waals surface area contributed by atoms with Crippen molar-refractivity contribution in [1.82, 2.24) is 0 Å². The number of carbonyl (C=O) groups excluding carboxylic acids is 2. The summed E-state index contributed by atoms with van der Waals surface area (Å²) in [6, 6.07) is 17.6. The Kier molecular flexibility index (Phi) is 11.4. The number of hydrogen-bond donors (Lipinski definition) is 0. The van der Waals surface area contributed by atoms with Gasteiger partial charge in [-0.2, -0.15) is 0 Å². The molecule has 3 nitrogen and oxygen atoms in total. The highest BCUT2D eigenvalue weighted by molar-refractivity contribution is 9.09. The Labute approximate surface area is 156 Å². The van der Waals surface area contributed by atoms with Crippen molar-refractivity contribution in [2.45, 2.75) is 12.8 Å². The molecule has 1 saturated heterocycles. The lowest BCUT2D eigenvalue weighted by atomic mass is 10.1. The Bertz CT molecular complexity index is 554. The van der Waals surface area contributed by atoms with E-state index in [0.29, 0.717) is 10.9 Å². The number of rotatable bonds is 4.